The van der Waals surface area contributed by atoms with Crippen molar-refractivity contribution in [3.8, 4) is 0 Å². The van der Waals surface area contributed by atoms with E-state index >= 15 is 0 Å². The molecule has 4 nitrogen and oxygen atoms in total. The van der Waals surface area contributed by atoms with Crippen LogP contribution in [0.1, 0.15) is 27.7 Å². The second-order valence-electron chi connectivity index (χ2n) is 4.38. The number of hydrogen-bond acceptors (Lipinski definition) is 3. The molecule has 0 aromatic rings. The molecule has 4 heteroatoms. The van der Waals surface area contributed by atoms with Crippen LogP contribution < -0.4 is 0 Å². The second kappa shape index (κ2) is 5.32. The molecule has 0 aromatic carbocycles. The van der Waals surface area contributed by atoms with E-state index in [1.165, 1.54) is 0 Å². The van der Waals surface area contributed by atoms with E-state index in [1.54, 1.807) is 20.8 Å². The van der Waals surface area contributed by atoms with Crippen LogP contribution >= 0.6 is 0 Å². The smallest absolute Gasteiger partial charge is 0.307 e. The highest BCUT2D eigenvalue weighted by Gasteiger charge is 2.20. The molecule has 0 bridgehead atoms. The minimum Gasteiger partial charge on any atom is -0.481 e. The van der Waals surface area contributed by atoms with Crippen LogP contribution in [-0.4, -0.2) is 46.3 Å². The van der Waals surface area contributed by atoms with Gasteiger partial charge >= 0.3 is 5.97 Å². The van der Waals surface area contributed by atoms with E-state index in [0.29, 0.717) is 13.1 Å². The predicted octanol–water partition coefficient (Wildman–Crippen LogP) is 0.800. The van der Waals surface area contributed by atoms with Crippen LogP contribution in [0.5, 0.6) is 0 Å². The number of likely N-dealkylation sites (N-methyl/N-ethyl adjacent to an activating group) is 1. The van der Waals surface area contributed by atoms with Crippen molar-refractivity contribution >= 4 is 5.97 Å². The minimum absolute atomic E-state index is 0.391. The lowest BCUT2D eigenvalue weighted by Crippen LogP contribution is -2.41. The van der Waals surface area contributed by atoms with Crippen molar-refractivity contribution in [1.82, 2.24) is 4.90 Å². The number of carbonyl (C=O) groups is 1. The van der Waals surface area contributed by atoms with E-state index in [4.69, 9.17) is 5.11 Å². The van der Waals surface area contributed by atoms with Gasteiger partial charge in [-0.2, -0.15) is 0 Å². The maximum absolute atomic E-state index is 10.6. The Bertz CT molecular complexity index is 186. The van der Waals surface area contributed by atoms with Crippen LogP contribution in [-0.2, 0) is 4.79 Å². The Hall–Kier alpha value is -0.610. The third kappa shape index (κ3) is 5.94. The zero-order valence-electron chi connectivity index (χ0n) is 9.45. The highest BCUT2D eigenvalue weighted by molar-refractivity contribution is 5.69. The fourth-order valence-corrected chi connectivity index (χ4v) is 1.32. The van der Waals surface area contributed by atoms with Crippen LogP contribution in [0, 0.1) is 5.92 Å². The highest BCUT2D eigenvalue weighted by atomic mass is 16.4. The lowest BCUT2D eigenvalue weighted by atomic mass is 10.1. The van der Waals surface area contributed by atoms with Crippen LogP contribution in [0.2, 0.25) is 0 Å². The SMILES string of the molecule is CCN(CC(C)C(=O)O)CC(C)(C)O. The number of aliphatic hydroxyl groups is 1. The molecule has 0 saturated heterocycles. The number of aliphatic carboxylic acids is 1. The maximum atomic E-state index is 10.6. The van der Waals surface area contributed by atoms with E-state index in [2.05, 4.69) is 0 Å². The van der Waals surface area contributed by atoms with E-state index in [0.717, 1.165) is 6.54 Å². The molecule has 0 aromatic heterocycles. The van der Waals surface area contributed by atoms with Gasteiger partial charge in [-0.3, -0.25) is 9.69 Å². The third-order valence-electron chi connectivity index (χ3n) is 2.01. The number of nitrogens with zero attached hydrogens (tertiary/aromatic N) is 1. The number of hydrogen-bond donors (Lipinski definition) is 2. The molecule has 0 aliphatic rings. The van der Waals surface area contributed by atoms with Crippen LogP contribution in [0.25, 0.3) is 0 Å². The largest absolute Gasteiger partial charge is 0.481 e. The average Bonchev–Trinajstić information content (AvgIpc) is 2.00. The van der Waals surface area contributed by atoms with Gasteiger partial charge in [0.05, 0.1) is 11.5 Å². The molecule has 84 valence electrons. The van der Waals surface area contributed by atoms with Gasteiger partial charge in [-0.15, -0.1) is 0 Å². The molecule has 0 amide bonds. The van der Waals surface area contributed by atoms with Crippen molar-refractivity contribution < 1.29 is 15.0 Å². The summed E-state index contributed by atoms with van der Waals surface area (Å²) in [4.78, 5) is 12.6. The summed E-state index contributed by atoms with van der Waals surface area (Å²) in [5.41, 5.74) is -0.770. The van der Waals surface area contributed by atoms with Crippen molar-refractivity contribution in [1.29, 1.82) is 0 Å². The molecule has 0 spiro atoms. The summed E-state index contributed by atoms with van der Waals surface area (Å²) in [6, 6.07) is 0. The van der Waals surface area contributed by atoms with Gasteiger partial charge in [0.1, 0.15) is 0 Å². The van der Waals surface area contributed by atoms with Gasteiger partial charge < -0.3 is 10.2 Å². The van der Waals surface area contributed by atoms with Crippen molar-refractivity contribution in [2.24, 2.45) is 5.92 Å². The molecule has 0 radical (unpaired) electrons. The average molecular weight is 203 g/mol. The minimum atomic E-state index is -0.792. The quantitative estimate of drug-likeness (QED) is 0.670. The van der Waals surface area contributed by atoms with Crippen LogP contribution in [0.4, 0.5) is 0 Å². The summed E-state index contributed by atoms with van der Waals surface area (Å²) in [7, 11) is 0. The second-order valence-corrected chi connectivity index (χ2v) is 4.38. The fraction of sp³-hybridized carbons (Fsp3) is 0.900. The molecular formula is C10H21NO3. The zero-order valence-corrected chi connectivity index (χ0v) is 9.45. The Morgan fingerprint density at radius 2 is 2.00 bits per heavy atom. The molecule has 0 heterocycles. The molecule has 2 N–H and O–H groups in total. The first-order chi connectivity index (χ1) is 6.26. The van der Waals surface area contributed by atoms with Gasteiger partial charge in [-0.25, -0.2) is 0 Å². The monoisotopic (exact) mass is 203 g/mol. The number of carboxylic acid groups (broad SMARTS) is 1. The van der Waals surface area contributed by atoms with Gasteiger partial charge in [0.25, 0.3) is 0 Å². The Labute approximate surface area is 85.5 Å². The normalized spacial score (nSPS) is 14.4. The zero-order chi connectivity index (χ0) is 11.4. The molecule has 0 aliphatic heterocycles. The highest BCUT2D eigenvalue weighted by Crippen LogP contribution is 2.07. The van der Waals surface area contributed by atoms with Gasteiger partial charge in [0, 0.05) is 13.1 Å². The molecule has 14 heavy (non-hydrogen) atoms. The Morgan fingerprint density at radius 1 is 1.50 bits per heavy atom. The lowest BCUT2D eigenvalue weighted by molar-refractivity contribution is -0.142. The summed E-state index contributed by atoms with van der Waals surface area (Å²) in [6.45, 7) is 8.82. The van der Waals surface area contributed by atoms with Crippen LogP contribution in [0.3, 0.4) is 0 Å². The van der Waals surface area contributed by atoms with Crippen molar-refractivity contribution in [2.45, 2.75) is 33.3 Å². The Kier molecular flexibility index (Phi) is 5.08. The Morgan fingerprint density at radius 3 is 2.29 bits per heavy atom. The summed E-state index contributed by atoms with van der Waals surface area (Å²) in [5.74, 6) is -1.18. The van der Waals surface area contributed by atoms with Gasteiger partial charge in [0.15, 0.2) is 0 Å². The summed E-state index contributed by atoms with van der Waals surface area (Å²) >= 11 is 0. The fourth-order valence-electron chi connectivity index (χ4n) is 1.32. The van der Waals surface area contributed by atoms with Crippen molar-refractivity contribution in [2.75, 3.05) is 19.6 Å². The van der Waals surface area contributed by atoms with Gasteiger partial charge in [-0.1, -0.05) is 13.8 Å². The third-order valence-corrected chi connectivity index (χ3v) is 2.01. The number of rotatable bonds is 6. The first kappa shape index (κ1) is 13.4. The standard InChI is InChI=1S/C10H21NO3/c1-5-11(7-10(3,4)14)6-8(2)9(12)13/h8,14H,5-7H2,1-4H3,(H,12,13). The number of carboxylic acids is 1. The topological polar surface area (TPSA) is 60.8 Å². The lowest BCUT2D eigenvalue weighted by Gasteiger charge is -2.29. The van der Waals surface area contributed by atoms with Crippen molar-refractivity contribution in [3.63, 3.8) is 0 Å². The molecule has 0 fully saturated rings. The van der Waals surface area contributed by atoms with Gasteiger partial charge in [-0.05, 0) is 20.4 Å². The molecule has 0 aliphatic carbocycles. The molecule has 0 rings (SSSR count). The van der Waals surface area contributed by atoms with Crippen LogP contribution in [0.15, 0.2) is 0 Å². The van der Waals surface area contributed by atoms with E-state index in [1.807, 2.05) is 11.8 Å². The maximum Gasteiger partial charge on any atom is 0.307 e. The summed E-state index contributed by atoms with van der Waals surface area (Å²) in [6.07, 6.45) is 0. The van der Waals surface area contributed by atoms with E-state index < -0.39 is 17.5 Å². The molecule has 1 atom stereocenters. The molecule has 0 saturated carbocycles. The first-order valence-corrected chi connectivity index (χ1v) is 4.93. The van der Waals surface area contributed by atoms with Crippen molar-refractivity contribution in [3.05, 3.63) is 0 Å². The molecular weight excluding hydrogens is 182 g/mol. The predicted molar refractivity (Wildman–Crippen MR) is 55.2 cm³/mol. The summed E-state index contributed by atoms with van der Waals surface area (Å²) in [5, 5.41) is 18.3. The van der Waals surface area contributed by atoms with Gasteiger partial charge in [0.2, 0.25) is 0 Å². The van der Waals surface area contributed by atoms with E-state index in [-0.39, 0.29) is 0 Å². The first-order valence-electron chi connectivity index (χ1n) is 4.93. The van der Waals surface area contributed by atoms with E-state index in [9.17, 15) is 9.90 Å². The Balaban J connectivity index is 4.10. The molecule has 1 unspecified atom stereocenters. The summed E-state index contributed by atoms with van der Waals surface area (Å²) < 4.78 is 0.